The summed E-state index contributed by atoms with van der Waals surface area (Å²) in [6, 6.07) is 5.15. The van der Waals surface area contributed by atoms with Gasteiger partial charge in [0.15, 0.2) is 5.78 Å². The van der Waals surface area contributed by atoms with Crippen LogP contribution in [0.25, 0.3) is 10.8 Å². The van der Waals surface area contributed by atoms with E-state index in [-0.39, 0.29) is 46.4 Å². The summed E-state index contributed by atoms with van der Waals surface area (Å²) >= 11 is 0. The lowest BCUT2D eigenvalue weighted by Gasteiger charge is -2.38. The topological polar surface area (TPSA) is 83.8 Å². The van der Waals surface area contributed by atoms with Gasteiger partial charge in [-0.05, 0) is 44.6 Å². The summed E-state index contributed by atoms with van der Waals surface area (Å²) in [5.74, 6) is 0.207. The zero-order valence-electron chi connectivity index (χ0n) is 14.9. The lowest BCUT2D eigenvalue weighted by Crippen LogP contribution is -2.38. The molecule has 0 bridgehead atoms. The van der Waals surface area contributed by atoms with E-state index in [1.165, 1.54) is 7.11 Å². The van der Waals surface area contributed by atoms with Crippen molar-refractivity contribution in [3.05, 3.63) is 29.3 Å². The van der Waals surface area contributed by atoms with Crippen LogP contribution in [0.15, 0.2) is 18.2 Å². The Balaban J connectivity index is 1.90. The van der Waals surface area contributed by atoms with E-state index in [4.69, 9.17) is 4.74 Å². The fourth-order valence-electron chi connectivity index (χ4n) is 4.81. The molecule has 0 saturated heterocycles. The normalized spacial score (nSPS) is 24.8. The highest BCUT2D eigenvalue weighted by Crippen LogP contribution is 2.51. The summed E-state index contributed by atoms with van der Waals surface area (Å²) in [5.41, 5.74) is 0.723. The van der Waals surface area contributed by atoms with Crippen LogP contribution in [-0.2, 0) is 11.2 Å². The standard InChI is InChI=1S/C21H22O5/c1-10(22)11-6-7-13-12(8-11)9-15-18(20(13)24)21(25)17-14(19(15)23)4-3-5-16(17)26-2/h3-5,11-13,23,25H,6-9H2,1-2H3/t11-,12+,13-/m1/s1. The van der Waals surface area contributed by atoms with Gasteiger partial charge in [0.2, 0.25) is 0 Å². The van der Waals surface area contributed by atoms with Crippen LogP contribution in [0.5, 0.6) is 17.2 Å². The number of Topliss-reactive ketones (excluding diaryl/α,β-unsaturated/α-hetero) is 2. The third kappa shape index (κ3) is 2.30. The van der Waals surface area contributed by atoms with Crippen molar-refractivity contribution < 1.29 is 24.5 Å². The number of ketones is 2. The maximum atomic E-state index is 13.1. The van der Waals surface area contributed by atoms with E-state index >= 15 is 0 Å². The Morgan fingerprint density at radius 1 is 1.19 bits per heavy atom. The number of carbonyl (C=O) groups is 2. The van der Waals surface area contributed by atoms with Crippen molar-refractivity contribution in [2.24, 2.45) is 17.8 Å². The molecule has 136 valence electrons. The predicted octanol–water partition coefficient (Wildman–Crippen LogP) is 3.62. The van der Waals surface area contributed by atoms with E-state index in [0.29, 0.717) is 47.8 Å². The summed E-state index contributed by atoms with van der Waals surface area (Å²) in [6.45, 7) is 1.60. The summed E-state index contributed by atoms with van der Waals surface area (Å²) in [4.78, 5) is 24.9. The number of phenols is 2. The Labute approximate surface area is 151 Å². The van der Waals surface area contributed by atoms with Crippen LogP contribution >= 0.6 is 0 Å². The van der Waals surface area contributed by atoms with Crippen LogP contribution < -0.4 is 4.74 Å². The average Bonchev–Trinajstić information content (AvgIpc) is 2.64. The highest BCUT2D eigenvalue weighted by molar-refractivity contribution is 6.11. The van der Waals surface area contributed by atoms with Gasteiger partial charge in [-0.3, -0.25) is 9.59 Å². The van der Waals surface area contributed by atoms with E-state index in [1.807, 2.05) is 0 Å². The molecule has 0 amide bonds. The number of hydrogen-bond acceptors (Lipinski definition) is 5. The smallest absolute Gasteiger partial charge is 0.170 e. The molecular weight excluding hydrogens is 332 g/mol. The maximum absolute atomic E-state index is 13.1. The van der Waals surface area contributed by atoms with Gasteiger partial charge < -0.3 is 14.9 Å². The van der Waals surface area contributed by atoms with Gasteiger partial charge in [0.05, 0.1) is 18.1 Å². The van der Waals surface area contributed by atoms with Gasteiger partial charge in [0, 0.05) is 22.8 Å². The molecule has 2 aliphatic carbocycles. The molecule has 2 aromatic carbocycles. The third-order valence-electron chi connectivity index (χ3n) is 6.17. The molecule has 2 aliphatic rings. The van der Waals surface area contributed by atoms with Gasteiger partial charge in [-0.15, -0.1) is 0 Å². The molecule has 0 aliphatic heterocycles. The number of methoxy groups -OCH3 is 1. The van der Waals surface area contributed by atoms with Crippen LogP contribution in [-0.4, -0.2) is 28.9 Å². The molecule has 2 aromatic rings. The highest BCUT2D eigenvalue weighted by Gasteiger charge is 2.43. The first kappa shape index (κ1) is 16.9. The van der Waals surface area contributed by atoms with Gasteiger partial charge in [-0.25, -0.2) is 0 Å². The van der Waals surface area contributed by atoms with Crippen molar-refractivity contribution in [2.75, 3.05) is 7.11 Å². The number of carbonyl (C=O) groups excluding carboxylic acids is 2. The number of rotatable bonds is 2. The van der Waals surface area contributed by atoms with Crippen molar-refractivity contribution in [3.8, 4) is 17.2 Å². The van der Waals surface area contributed by atoms with E-state index in [2.05, 4.69) is 0 Å². The molecule has 0 unspecified atom stereocenters. The zero-order chi connectivity index (χ0) is 18.6. The number of hydrogen-bond donors (Lipinski definition) is 2. The fraction of sp³-hybridized carbons (Fsp3) is 0.429. The van der Waals surface area contributed by atoms with Crippen LogP contribution in [0.4, 0.5) is 0 Å². The quantitative estimate of drug-likeness (QED) is 0.805. The largest absolute Gasteiger partial charge is 0.507 e. The summed E-state index contributed by atoms with van der Waals surface area (Å²) in [6.07, 6.45) is 2.53. The van der Waals surface area contributed by atoms with Crippen molar-refractivity contribution >= 4 is 22.3 Å². The molecule has 2 N–H and O–H groups in total. The van der Waals surface area contributed by atoms with Crippen molar-refractivity contribution in [2.45, 2.75) is 32.6 Å². The number of aromatic hydroxyl groups is 2. The minimum Gasteiger partial charge on any atom is -0.507 e. The number of fused-ring (bicyclic) bond motifs is 3. The van der Waals surface area contributed by atoms with Gasteiger partial charge in [0.25, 0.3) is 0 Å². The average molecular weight is 354 g/mol. The highest BCUT2D eigenvalue weighted by atomic mass is 16.5. The van der Waals surface area contributed by atoms with Gasteiger partial charge >= 0.3 is 0 Å². The second-order valence-electron chi connectivity index (χ2n) is 7.49. The molecule has 0 spiro atoms. The molecule has 0 radical (unpaired) electrons. The molecule has 1 fully saturated rings. The molecule has 0 aromatic heterocycles. The van der Waals surface area contributed by atoms with Crippen molar-refractivity contribution in [1.82, 2.24) is 0 Å². The molecule has 5 nitrogen and oxygen atoms in total. The van der Waals surface area contributed by atoms with E-state index in [0.717, 1.165) is 0 Å². The zero-order valence-corrected chi connectivity index (χ0v) is 14.9. The van der Waals surface area contributed by atoms with Gasteiger partial charge in [0.1, 0.15) is 23.0 Å². The SMILES string of the molecule is COc1cccc2c(O)c3c(c(O)c12)C(=O)[C@@H]1CC[C@@H](C(C)=O)C[C@H]1C3. The van der Waals surface area contributed by atoms with Crippen molar-refractivity contribution in [3.63, 3.8) is 0 Å². The minimum absolute atomic E-state index is 0.0121. The predicted molar refractivity (Wildman–Crippen MR) is 96.9 cm³/mol. The number of benzene rings is 2. The van der Waals surface area contributed by atoms with Gasteiger partial charge in [-0.1, -0.05) is 12.1 Å². The van der Waals surface area contributed by atoms with Crippen LogP contribution in [0, 0.1) is 17.8 Å². The van der Waals surface area contributed by atoms with Crippen LogP contribution in [0.2, 0.25) is 0 Å². The third-order valence-corrected chi connectivity index (χ3v) is 6.17. The molecule has 0 heterocycles. The van der Waals surface area contributed by atoms with Crippen LogP contribution in [0.3, 0.4) is 0 Å². The van der Waals surface area contributed by atoms with Gasteiger partial charge in [-0.2, -0.15) is 0 Å². The molecule has 5 heteroatoms. The van der Waals surface area contributed by atoms with Crippen molar-refractivity contribution in [1.29, 1.82) is 0 Å². The Kier molecular flexibility index (Phi) is 3.90. The Bertz CT molecular complexity index is 930. The van der Waals surface area contributed by atoms with Crippen LogP contribution in [0.1, 0.15) is 42.1 Å². The van der Waals surface area contributed by atoms with E-state index < -0.39 is 0 Å². The molecular formula is C21H22O5. The monoisotopic (exact) mass is 354 g/mol. The second-order valence-corrected chi connectivity index (χ2v) is 7.49. The van der Waals surface area contributed by atoms with E-state index in [9.17, 15) is 19.8 Å². The second kappa shape index (κ2) is 6.01. The first-order valence-electron chi connectivity index (χ1n) is 9.02. The Morgan fingerprint density at radius 2 is 1.96 bits per heavy atom. The minimum atomic E-state index is -0.199. The summed E-state index contributed by atoms with van der Waals surface area (Å²) in [7, 11) is 1.49. The Hall–Kier alpha value is -2.56. The lowest BCUT2D eigenvalue weighted by molar-refractivity contribution is -0.122. The van der Waals surface area contributed by atoms with E-state index in [1.54, 1.807) is 25.1 Å². The molecule has 4 rings (SSSR count). The molecule has 3 atom stereocenters. The fourth-order valence-corrected chi connectivity index (χ4v) is 4.81. The first-order chi connectivity index (χ1) is 12.4. The molecule has 1 saturated carbocycles. The lowest BCUT2D eigenvalue weighted by atomic mass is 9.64. The maximum Gasteiger partial charge on any atom is 0.170 e. The summed E-state index contributed by atoms with van der Waals surface area (Å²) in [5, 5.41) is 22.6. The Morgan fingerprint density at radius 3 is 2.65 bits per heavy atom. The number of phenolic OH excluding ortho intramolecular Hbond substituents is 2. The number of ether oxygens (including phenoxy) is 1. The first-order valence-corrected chi connectivity index (χ1v) is 9.02. The summed E-state index contributed by atoms with van der Waals surface area (Å²) < 4.78 is 5.32. The molecule has 26 heavy (non-hydrogen) atoms.